The van der Waals surface area contributed by atoms with Crippen molar-refractivity contribution in [1.29, 1.82) is 0 Å². The number of nitrogens with zero attached hydrogens (tertiary/aromatic N) is 1. The summed E-state index contributed by atoms with van der Waals surface area (Å²) >= 11 is 0. The second kappa shape index (κ2) is 35.4. The van der Waals surface area contributed by atoms with E-state index < -0.39 is 20.0 Å². The van der Waals surface area contributed by atoms with Crippen molar-refractivity contribution in [3.8, 4) is 0 Å². The van der Waals surface area contributed by atoms with Crippen molar-refractivity contribution in [2.24, 2.45) is 0 Å². The molecule has 0 spiro atoms. The molecule has 0 saturated carbocycles. The zero-order chi connectivity index (χ0) is 38.6. The number of likely N-dealkylation sites (N-methyl/N-ethyl adjacent to an activating group) is 1. The summed E-state index contributed by atoms with van der Waals surface area (Å²) in [7, 11) is 1.54. The predicted octanol–water partition coefficient (Wildman–Crippen LogP) is 11.5. The van der Waals surface area contributed by atoms with E-state index in [0.29, 0.717) is 17.4 Å². The number of aliphatic hydroxyl groups is 1. The van der Waals surface area contributed by atoms with Gasteiger partial charge in [0.25, 0.3) is 0 Å². The number of rotatable bonds is 38. The minimum atomic E-state index is -4.33. The minimum Gasteiger partial charge on any atom is -0.387 e. The molecule has 0 fully saturated rings. The molecule has 8 nitrogen and oxygen atoms in total. The van der Waals surface area contributed by atoms with Gasteiger partial charge in [-0.05, 0) is 44.9 Å². The topological polar surface area (TPSA) is 105 Å². The first-order valence-electron chi connectivity index (χ1n) is 21.4. The van der Waals surface area contributed by atoms with Gasteiger partial charge in [0.1, 0.15) is 13.2 Å². The van der Waals surface area contributed by atoms with Gasteiger partial charge in [-0.25, -0.2) is 4.57 Å². The van der Waals surface area contributed by atoms with Crippen molar-refractivity contribution in [2.75, 3.05) is 40.9 Å². The smallest absolute Gasteiger partial charge is 0.387 e. The van der Waals surface area contributed by atoms with Gasteiger partial charge in [-0.2, -0.15) is 0 Å². The van der Waals surface area contributed by atoms with Crippen molar-refractivity contribution in [2.45, 2.75) is 193 Å². The first-order chi connectivity index (χ1) is 25.0. The number of carbonyl (C=O) groups is 1. The fourth-order valence-electron chi connectivity index (χ4n) is 5.90. The van der Waals surface area contributed by atoms with E-state index in [1.165, 1.54) is 109 Å². The van der Waals surface area contributed by atoms with E-state index in [1.807, 2.05) is 27.2 Å². The number of carbonyl (C=O) groups excluding carboxylic acids is 1. The highest BCUT2D eigenvalue weighted by Gasteiger charge is 2.27. The molecule has 0 radical (unpaired) electrons. The van der Waals surface area contributed by atoms with Crippen LogP contribution in [0.2, 0.25) is 0 Å². The molecule has 0 aliphatic carbocycles. The van der Waals surface area contributed by atoms with Gasteiger partial charge >= 0.3 is 7.82 Å². The largest absolute Gasteiger partial charge is 0.472 e. The van der Waals surface area contributed by atoms with Crippen LogP contribution in [0.5, 0.6) is 0 Å². The van der Waals surface area contributed by atoms with Gasteiger partial charge in [-0.15, -0.1) is 0 Å². The average Bonchev–Trinajstić information content (AvgIpc) is 3.09. The Balaban J connectivity index is 4.14. The summed E-state index contributed by atoms with van der Waals surface area (Å²) in [4.78, 5) is 22.7. The van der Waals surface area contributed by atoms with Gasteiger partial charge in [0.2, 0.25) is 5.91 Å². The average molecular weight is 756 g/mol. The predicted molar refractivity (Wildman–Crippen MR) is 221 cm³/mol. The summed E-state index contributed by atoms with van der Waals surface area (Å²) in [5.41, 5.74) is 0. The lowest BCUT2D eigenvalue weighted by Crippen LogP contribution is -2.45. The number of amides is 1. The van der Waals surface area contributed by atoms with Crippen LogP contribution in [0.3, 0.4) is 0 Å². The minimum absolute atomic E-state index is 0.0532. The van der Waals surface area contributed by atoms with Crippen molar-refractivity contribution >= 4 is 13.7 Å². The normalized spacial score (nSPS) is 14.8. The third-order valence-electron chi connectivity index (χ3n) is 9.34. The van der Waals surface area contributed by atoms with E-state index in [4.69, 9.17) is 9.05 Å². The lowest BCUT2D eigenvalue weighted by molar-refractivity contribution is -0.870. The number of quaternary nitrogens is 1. The molecule has 0 aromatic heterocycles. The number of aliphatic hydroxyl groups excluding tert-OH is 1. The SMILES string of the molecule is CCCCCCCCCCCCCCCCCC/C=C/CC/C=C/CC/C=C/C(O)C(COP(=O)(O)OCC[N+](C)(C)C)NC(=O)CCCCCC. The maximum absolute atomic E-state index is 12.5. The molecule has 9 heteroatoms. The van der Waals surface area contributed by atoms with E-state index >= 15 is 0 Å². The van der Waals surface area contributed by atoms with Gasteiger partial charge in [0, 0.05) is 6.42 Å². The second-order valence-electron chi connectivity index (χ2n) is 15.7. The molecule has 0 saturated heterocycles. The van der Waals surface area contributed by atoms with Crippen LogP contribution < -0.4 is 5.32 Å². The molecule has 3 unspecified atom stereocenters. The molecule has 1 amide bonds. The monoisotopic (exact) mass is 756 g/mol. The summed E-state index contributed by atoms with van der Waals surface area (Å²) in [6.07, 6.45) is 43.0. The Morgan fingerprint density at radius 1 is 0.635 bits per heavy atom. The van der Waals surface area contributed by atoms with Gasteiger partial charge in [-0.3, -0.25) is 13.8 Å². The van der Waals surface area contributed by atoms with Gasteiger partial charge in [0.05, 0.1) is 39.9 Å². The Labute approximate surface area is 321 Å². The molecule has 0 heterocycles. The van der Waals surface area contributed by atoms with E-state index in [-0.39, 0.29) is 19.1 Å². The van der Waals surface area contributed by atoms with Gasteiger partial charge in [0.15, 0.2) is 0 Å². The number of hydrogen-bond acceptors (Lipinski definition) is 5. The zero-order valence-electron chi connectivity index (χ0n) is 34.5. The highest BCUT2D eigenvalue weighted by atomic mass is 31.2. The summed E-state index contributed by atoms with van der Waals surface area (Å²) < 4.78 is 23.3. The highest BCUT2D eigenvalue weighted by molar-refractivity contribution is 7.47. The first-order valence-corrected chi connectivity index (χ1v) is 22.9. The number of allylic oxidation sites excluding steroid dienone is 5. The molecular formula is C43H84N2O6P+. The fraction of sp³-hybridized carbons (Fsp3) is 0.837. The summed E-state index contributed by atoms with van der Waals surface area (Å²) in [5.74, 6) is -0.210. The van der Waals surface area contributed by atoms with E-state index in [9.17, 15) is 19.4 Å². The molecule has 52 heavy (non-hydrogen) atoms. The Bertz CT molecular complexity index is 948. The molecule has 0 aliphatic heterocycles. The van der Waals surface area contributed by atoms with Crippen LogP contribution in [-0.2, 0) is 18.4 Å². The molecule has 0 aliphatic rings. The molecular weight excluding hydrogens is 671 g/mol. The molecule has 0 rings (SSSR count). The van der Waals surface area contributed by atoms with E-state index in [2.05, 4.69) is 43.5 Å². The van der Waals surface area contributed by atoms with Crippen LogP contribution in [0.15, 0.2) is 36.5 Å². The molecule has 3 atom stereocenters. The Morgan fingerprint density at radius 2 is 1.06 bits per heavy atom. The Morgan fingerprint density at radius 3 is 1.54 bits per heavy atom. The van der Waals surface area contributed by atoms with Crippen molar-refractivity contribution < 1.29 is 32.9 Å². The number of nitrogens with one attached hydrogen (secondary N) is 1. The fourth-order valence-corrected chi connectivity index (χ4v) is 6.63. The van der Waals surface area contributed by atoms with Gasteiger partial charge in [-0.1, -0.05) is 166 Å². The zero-order valence-corrected chi connectivity index (χ0v) is 35.4. The quantitative estimate of drug-likeness (QED) is 0.0251. The van der Waals surface area contributed by atoms with Crippen LogP contribution in [0.25, 0.3) is 0 Å². The van der Waals surface area contributed by atoms with Crippen LogP contribution >= 0.6 is 7.82 Å². The first kappa shape index (κ1) is 50.7. The van der Waals surface area contributed by atoms with E-state index in [1.54, 1.807) is 6.08 Å². The van der Waals surface area contributed by atoms with Crippen molar-refractivity contribution in [3.63, 3.8) is 0 Å². The number of hydrogen-bond donors (Lipinski definition) is 3. The summed E-state index contributed by atoms with van der Waals surface area (Å²) in [6.45, 7) is 4.65. The van der Waals surface area contributed by atoms with Crippen LogP contribution in [0.1, 0.15) is 181 Å². The third-order valence-corrected chi connectivity index (χ3v) is 10.3. The maximum atomic E-state index is 12.5. The number of unbranched alkanes of at least 4 members (excludes halogenated alkanes) is 21. The van der Waals surface area contributed by atoms with Crippen molar-refractivity contribution in [1.82, 2.24) is 5.32 Å². The highest BCUT2D eigenvalue weighted by Crippen LogP contribution is 2.43. The number of phosphoric acid groups is 1. The maximum Gasteiger partial charge on any atom is 0.472 e. The molecule has 3 N–H and O–H groups in total. The molecule has 306 valence electrons. The van der Waals surface area contributed by atoms with Crippen molar-refractivity contribution in [3.05, 3.63) is 36.5 Å². The van der Waals surface area contributed by atoms with Gasteiger partial charge < -0.3 is 19.8 Å². The second-order valence-corrected chi connectivity index (χ2v) is 17.2. The lowest BCUT2D eigenvalue weighted by atomic mass is 10.0. The summed E-state index contributed by atoms with van der Waals surface area (Å²) in [6, 6.07) is -0.862. The van der Waals surface area contributed by atoms with Crippen LogP contribution in [0.4, 0.5) is 0 Å². The number of phosphoric ester groups is 1. The molecule has 0 bridgehead atoms. The summed E-state index contributed by atoms with van der Waals surface area (Å²) in [5, 5.41) is 13.6. The van der Waals surface area contributed by atoms with Crippen LogP contribution in [0, 0.1) is 0 Å². The van der Waals surface area contributed by atoms with E-state index in [0.717, 1.165) is 51.4 Å². The molecule has 0 aromatic carbocycles. The van der Waals surface area contributed by atoms with Crippen LogP contribution in [-0.4, -0.2) is 73.4 Å². The molecule has 0 aromatic rings. The Hall–Kier alpha value is -1.28. The Kier molecular flexibility index (Phi) is 34.6. The standard InChI is InChI=1S/C43H83N2O6P/c1-6-8-10-12-13-14-15-16-17-18-19-20-21-22-23-24-25-26-27-28-29-30-31-32-33-34-36-42(46)41(44-43(47)37-35-11-9-7-2)40-51-52(48,49)50-39-38-45(3,4)5/h26-27,30-31,34,36,41-42,46H,6-25,28-29,32-33,35,37-40H2,1-5H3,(H-,44,47,48,49)/p+1/b27-26+,31-30+,36-34+. The lowest BCUT2D eigenvalue weighted by Gasteiger charge is -2.25. The third kappa shape index (κ3) is 37.1.